The highest BCUT2D eigenvalue weighted by Gasteiger charge is 2.17. The molecule has 1 saturated heterocycles. The van der Waals surface area contributed by atoms with Gasteiger partial charge in [0.05, 0.1) is 10.2 Å². The van der Waals surface area contributed by atoms with Gasteiger partial charge in [0.1, 0.15) is 0 Å². The molecule has 2 heterocycles. The molecule has 0 amide bonds. The Hall–Kier alpha value is -1.13. The van der Waals surface area contributed by atoms with E-state index in [1.165, 1.54) is 21.0 Å². The fourth-order valence-corrected chi connectivity index (χ4v) is 3.40. The van der Waals surface area contributed by atoms with Gasteiger partial charge in [0.2, 0.25) is 0 Å². The van der Waals surface area contributed by atoms with Crippen molar-refractivity contribution in [3.05, 3.63) is 23.3 Å². The second-order valence-electron chi connectivity index (χ2n) is 5.19. The molecule has 0 bridgehead atoms. The van der Waals surface area contributed by atoms with E-state index in [9.17, 15) is 0 Å². The third-order valence-corrected chi connectivity index (χ3v) is 4.85. The van der Waals surface area contributed by atoms with Crippen molar-refractivity contribution in [1.29, 1.82) is 0 Å². The summed E-state index contributed by atoms with van der Waals surface area (Å²) in [5, 5.41) is 1.18. The van der Waals surface area contributed by atoms with Crippen LogP contribution < -0.4 is 4.90 Å². The van der Waals surface area contributed by atoms with Crippen LogP contribution in [0.1, 0.15) is 11.1 Å². The normalized spacial score (nSPS) is 17.6. The molecule has 0 N–H and O–H groups in total. The van der Waals surface area contributed by atoms with E-state index in [2.05, 4.69) is 42.8 Å². The molecule has 1 aliphatic heterocycles. The number of likely N-dealkylation sites (N-methyl/N-ethyl adjacent to an activating group) is 1. The first-order valence-electron chi connectivity index (χ1n) is 6.45. The van der Waals surface area contributed by atoms with Crippen LogP contribution in [0.5, 0.6) is 0 Å². The number of anilines is 1. The van der Waals surface area contributed by atoms with Crippen molar-refractivity contribution in [3.8, 4) is 0 Å². The molecule has 0 saturated carbocycles. The predicted octanol–water partition coefficient (Wildman–Crippen LogP) is 2.66. The molecule has 0 atom stereocenters. The minimum Gasteiger partial charge on any atom is -0.345 e. The van der Waals surface area contributed by atoms with E-state index in [1.807, 2.05) is 11.3 Å². The highest BCUT2D eigenvalue weighted by atomic mass is 32.1. The van der Waals surface area contributed by atoms with Gasteiger partial charge < -0.3 is 9.80 Å². The zero-order valence-electron chi connectivity index (χ0n) is 11.2. The molecule has 0 radical (unpaired) electrons. The molecule has 0 spiro atoms. The summed E-state index contributed by atoms with van der Waals surface area (Å²) < 4.78 is 1.31. The molecule has 3 nitrogen and oxygen atoms in total. The Bertz CT molecular complexity index is 529. The van der Waals surface area contributed by atoms with Gasteiger partial charge in [-0.25, -0.2) is 4.98 Å². The Morgan fingerprint density at radius 3 is 2.44 bits per heavy atom. The molecular weight excluding hydrogens is 242 g/mol. The lowest BCUT2D eigenvalue weighted by atomic mass is 10.1. The summed E-state index contributed by atoms with van der Waals surface area (Å²) in [7, 11) is 2.18. The van der Waals surface area contributed by atoms with Crippen molar-refractivity contribution in [1.82, 2.24) is 9.88 Å². The van der Waals surface area contributed by atoms with Crippen molar-refractivity contribution in [2.75, 3.05) is 38.1 Å². The highest BCUT2D eigenvalue weighted by Crippen LogP contribution is 2.31. The van der Waals surface area contributed by atoms with Crippen LogP contribution in [0.3, 0.4) is 0 Å². The van der Waals surface area contributed by atoms with E-state index in [0.29, 0.717) is 0 Å². The molecular formula is C14H19N3S. The second-order valence-corrected chi connectivity index (χ2v) is 6.20. The van der Waals surface area contributed by atoms with E-state index in [-0.39, 0.29) is 0 Å². The summed E-state index contributed by atoms with van der Waals surface area (Å²) in [5.41, 5.74) is 3.84. The average molecular weight is 261 g/mol. The van der Waals surface area contributed by atoms with Crippen LogP contribution in [0.25, 0.3) is 10.2 Å². The fourth-order valence-electron chi connectivity index (χ4n) is 2.30. The zero-order valence-corrected chi connectivity index (χ0v) is 12.0. The highest BCUT2D eigenvalue weighted by molar-refractivity contribution is 7.22. The first-order chi connectivity index (χ1) is 8.63. The summed E-state index contributed by atoms with van der Waals surface area (Å²) in [5.74, 6) is 0. The number of piperazine rings is 1. The molecule has 4 heteroatoms. The summed E-state index contributed by atoms with van der Waals surface area (Å²) in [4.78, 5) is 9.57. The first-order valence-corrected chi connectivity index (χ1v) is 7.26. The van der Waals surface area contributed by atoms with Crippen molar-refractivity contribution in [2.45, 2.75) is 13.8 Å². The molecule has 0 aliphatic carbocycles. The Morgan fingerprint density at radius 1 is 1.06 bits per heavy atom. The number of aryl methyl sites for hydroxylation is 2. The maximum Gasteiger partial charge on any atom is 0.186 e. The van der Waals surface area contributed by atoms with Crippen molar-refractivity contribution >= 4 is 26.7 Å². The standard InChI is InChI=1S/C14H19N3S/c1-10-8-12-13(9-11(10)2)18-14(15-12)17-6-4-16(3)5-7-17/h8-9H,4-7H2,1-3H3. The Labute approximate surface area is 112 Å². The number of benzene rings is 1. The van der Waals surface area contributed by atoms with Gasteiger partial charge in [-0.15, -0.1) is 0 Å². The number of hydrogen-bond donors (Lipinski definition) is 0. The lowest BCUT2D eigenvalue weighted by molar-refractivity contribution is 0.313. The monoisotopic (exact) mass is 261 g/mol. The maximum atomic E-state index is 4.79. The SMILES string of the molecule is Cc1cc2nc(N3CCN(C)CC3)sc2cc1C. The number of thiazole rings is 1. The van der Waals surface area contributed by atoms with Crippen molar-refractivity contribution in [3.63, 3.8) is 0 Å². The molecule has 96 valence electrons. The van der Waals surface area contributed by atoms with Crippen molar-refractivity contribution in [2.24, 2.45) is 0 Å². The van der Waals surface area contributed by atoms with Gasteiger partial charge in [-0.05, 0) is 44.2 Å². The van der Waals surface area contributed by atoms with Crippen LogP contribution in [-0.4, -0.2) is 43.1 Å². The number of fused-ring (bicyclic) bond motifs is 1. The number of nitrogens with zero attached hydrogens (tertiary/aromatic N) is 3. The summed E-state index contributed by atoms with van der Waals surface area (Å²) in [6, 6.07) is 4.47. The van der Waals surface area contributed by atoms with E-state index < -0.39 is 0 Å². The third kappa shape index (κ3) is 2.10. The third-order valence-electron chi connectivity index (χ3n) is 3.77. The fraction of sp³-hybridized carbons (Fsp3) is 0.500. The minimum absolute atomic E-state index is 1.09. The molecule has 1 aromatic heterocycles. The Morgan fingerprint density at radius 2 is 1.72 bits per heavy atom. The van der Waals surface area contributed by atoms with E-state index in [1.54, 1.807) is 0 Å². The summed E-state index contributed by atoms with van der Waals surface area (Å²) in [6.45, 7) is 8.78. The van der Waals surface area contributed by atoms with Crippen LogP contribution >= 0.6 is 11.3 Å². The number of hydrogen-bond acceptors (Lipinski definition) is 4. The van der Waals surface area contributed by atoms with Crippen LogP contribution in [0, 0.1) is 13.8 Å². The molecule has 1 aromatic carbocycles. The quantitative estimate of drug-likeness (QED) is 0.787. The van der Waals surface area contributed by atoms with Crippen LogP contribution in [0.4, 0.5) is 5.13 Å². The van der Waals surface area contributed by atoms with Gasteiger partial charge in [0.15, 0.2) is 5.13 Å². The van der Waals surface area contributed by atoms with Gasteiger partial charge in [-0.2, -0.15) is 0 Å². The van der Waals surface area contributed by atoms with Gasteiger partial charge >= 0.3 is 0 Å². The molecule has 1 aliphatic rings. The largest absolute Gasteiger partial charge is 0.345 e. The molecule has 3 rings (SSSR count). The van der Waals surface area contributed by atoms with Crippen LogP contribution in [-0.2, 0) is 0 Å². The van der Waals surface area contributed by atoms with E-state index >= 15 is 0 Å². The molecule has 0 unspecified atom stereocenters. The van der Waals surface area contributed by atoms with Crippen LogP contribution in [0.2, 0.25) is 0 Å². The second kappa shape index (κ2) is 4.52. The summed E-state index contributed by atoms with van der Waals surface area (Å²) >= 11 is 1.82. The number of rotatable bonds is 1. The minimum atomic E-state index is 1.09. The van der Waals surface area contributed by atoms with Gasteiger partial charge in [-0.1, -0.05) is 11.3 Å². The van der Waals surface area contributed by atoms with Crippen molar-refractivity contribution < 1.29 is 0 Å². The molecule has 18 heavy (non-hydrogen) atoms. The molecule has 1 fully saturated rings. The smallest absolute Gasteiger partial charge is 0.186 e. The topological polar surface area (TPSA) is 19.4 Å². The van der Waals surface area contributed by atoms with E-state index in [0.717, 1.165) is 31.7 Å². The Kier molecular flexibility index (Phi) is 2.99. The van der Waals surface area contributed by atoms with E-state index in [4.69, 9.17) is 4.98 Å². The Balaban J connectivity index is 1.93. The average Bonchev–Trinajstić information content (AvgIpc) is 2.73. The zero-order chi connectivity index (χ0) is 12.7. The molecule has 2 aromatic rings. The van der Waals surface area contributed by atoms with Crippen LogP contribution in [0.15, 0.2) is 12.1 Å². The first kappa shape index (κ1) is 11.9. The predicted molar refractivity (Wildman–Crippen MR) is 78.8 cm³/mol. The van der Waals surface area contributed by atoms with Gasteiger partial charge in [-0.3, -0.25) is 0 Å². The summed E-state index contributed by atoms with van der Waals surface area (Å²) in [6.07, 6.45) is 0. The maximum absolute atomic E-state index is 4.79. The van der Waals surface area contributed by atoms with Gasteiger partial charge in [0, 0.05) is 26.2 Å². The lowest BCUT2D eigenvalue weighted by Gasteiger charge is -2.32. The van der Waals surface area contributed by atoms with Gasteiger partial charge in [0.25, 0.3) is 0 Å². The lowest BCUT2D eigenvalue weighted by Crippen LogP contribution is -2.44. The number of aromatic nitrogens is 1.